The first kappa shape index (κ1) is 32.9. The summed E-state index contributed by atoms with van der Waals surface area (Å²) in [5.41, 5.74) is 2.15. The van der Waals surface area contributed by atoms with Crippen LogP contribution in [0.1, 0.15) is 80.9 Å². The first-order valence-electron chi connectivity index (χ1n) is 16.5. The molecule has 1 unspecified atom stereocenters. The first-order valence-corrected chi connectivity index (χ1v) is 17.9. The average molecular weight is 627 g/mol. The van der Waals surface area contributed by atoms with Crippen LogP contribution in [0.2, 0.25) is 0 Å². The zero-order chi connectivity index (χ0) is 31.2. The molecule has 0 bridgehead atoms. The number of methoxy groups -OCH3 is 1. The number of carbonyl (C=O) groups is 1. The number of likely N-dealkylation sites (tertiary alicyclic amines) is 2. The molecule has 0 saturated carbocycles. The van der Waals surface area contributed by atoms with Gasteiger partial charge in [-0.3, -0.25) is 9.78 Å². The van der Waals surface area contributed by atoms with Crippen molar-refractivity contribution < 1.29 is 22.7 Å². The molecule has 5 rings (SSSR count). The molecule has 242 valence electrons. The minimum absolute atomic E-state index is 0.0906. The molecule has 4 heterocycles. The summed E-state index contributed by atoms with van der Waals surface area (Å²) >= 11 is 0. The van der Waals surface area contributed by atoms with Gasteiger partial charge in [-0.25, -0.2) is 8.42 Å². The van der Waals surface area contributed by atoms with Gasteiger partial charge in [0, 0.05) is 51.0 Å². The second kappa shape index (κ2) is 14.7. The Bertz CT molecular complexity index is 1330. The second-order valence-electron chi connectivity index (χ2n) is 12.8. The van der Waals surface area contributed by atoms with Crippen LogP contribution in [0, 0.1) is 13.8 Å². The minimum Gasteiger partial charge on any atom is -0.497 e. The van der Waals surface area contributed by atoms with Gasteiger partial charge in [-0.05, 0) is 119 Å². The SMILES string of the molecule is COc1cc(C)c(S(=O)(=O)N2CCCCC2CCCC(=O)N2CCC(OCCN3CCCC3)(c3ccncc3)CC2)c(C)c1. The van der Waals surface area contributed by atoms with Crippen molar-refractivity contribution >= 4 is 15.9 Å². The van der Waals surface area contributed by atoms with Crippen LogP contribution in [0.3, 0.4) is 0 Å². The number of amides is 1. The Kier molecular flexibility index (Phi) is 11.0. The Hall–Kier alpha value is -2.53. The predicted octanol–water partition coefficient (Wildman–Crippen LogP) is 5.05. The molecule has 1 aromatic heterocycles. The van der Waals surface area contributed by atoms with E-state index in [1.165, 1.54) is 12.8 Å². The van der Waals surface area contributed by atoms with Crippen molar-refractivity contribution in [2.45, 2.75) is 94.6 Å². The molecule has 1 amide bonds. The van der Waals surface area contributed by atoms with E-state index < -0.39 is 15.6 Å². The van der Waals surface area contributed by atoms with E-state index in [1.807, 2.05) is 43.3 Å². The summed E-state index contributed by atoms with van der Waals surface area (Å²) in [4.78, 5) is 22.4. The molecule has 3 aliphatic rings. The Morgan fingerprint density at radius 2 is 1.64 bits per heavy atom. The van der Waals surface area contributed by atoms with Gasteiger partial charge in [0.05, 0.1) is 24.2 Å². The third kappa shape index (κ3) is 7.46. The topological polar surface area (TPSA) is 92.3 Å². The highest BCUT2D eigenvalue weighted by Crippen LogP contribution is 2.37. The van der Waals surface area contributed by atoms with Crippen molar-refractivity contribution in [3.8, 4) is 5.75 Å². The molecule has 3 saturated heterocycles. The third-order valence-electron chi connectivity index (χ3n) is 9.85. The molecule has 3 fully saturated rings. The number of rotatable bonds is 12. The molecule has 0 spiro atoms. The van der Waals surface area contributed by atoms with E-state index in [-0.39, 0.29) is 11.9 Å². The number of benzene rings is 1. The normalized spacial score (nSPS) is 21.4. The molecule has 0 aliphatic carbocycles. The third-order valence-corrected chi connectivity index (χ3v) is 12.1. The van der Waals surface area contributed by atoms with Crippen LogP contribution in [-0.2, 0) is 25.2 Å². The summed E-state index contributed by atoms with van der Waals surface area (Å²) in [7, 11) is -2.07. The predicted molar refractivity (Wildman–Crippen MR) is 171 cm³/mol. The highest BCUT2D eigenvalue weighted by Gasteiger charge is 2.39. The zero-order valence-corrected chi connectivity index (χ0v) is 27.6. The summed E-state index contributed by atoms with van der Waals surface area (Å²) in [5, 5.41) is 0. The molecule has 0 N–H and O–H groups in total. The largest absolute Gasteiger partial charge is 0.497 e. The van der Waals surface area contributed by atoms with Crippen molar-refractivity contribution in [2.75, 3.05) is 53.0 Å². The van der Waals surface area contributed by atoms with E-state index in [1.54, 1.807) is 23.5 Å². The van der Waals surface area contributed by atoms with Crippen LogP contribution in [0.5, 0.6) is 5.75 Å². The zero-order valence-electron chi connectivity index (χ0n) is 26.8. The molecule has 0 radical (unpaired) electrons. The Morgan fingerprint density at radius 3 is 2.30 bits per heavy atom. The fraction of sp³-hybridized carbons (Fsp3) is 0.647. The van der Waals surface area contributed by atoms with Crippen LogP contribution in [0.4, 0.5) is 0 Å². The van der Waals surface area contributed by atoms with E-state index in [4.69, 9.17) is 9.47 Å². The smallest absolute Gasteiger partial charge is 0.243 e. The van der Waals surface area contributed by atoms with Crippen molar-refractivity contribution in [1.29, 1.82) is 0 Å². The number of sulfonamides is 1. The van der Waals surface area contributed by atoms with Gasteiger partial charge < -0.3 is 19.3 Å². The van der Waals surface area contributed by atoms with Gasteiger partial charge in [-0.2, -0.15) is 4.31 Å². The van der Waals surface area contributed by atoms with E-state index >= 15 is 0 Å². The quantitative estimate of drug-likeness (QED) is 0.326. The molecule has 2 aromatic rings. The number of nitrogens with zero attached hydrogens (tertiary/aromatic N) is 4. The minimum atomic E-state index is -3.66. The number of hydrogen-bond donors (Lipinski definition) is 0. The summed E-state index contributed by atoms with van der Waals surface area (Å²) in [5.74, 6) is 0.814. The number of aromatic nitrogens is 1. The number of pyridine rings is 1. The van der Waals surface area contributed by atoms with Crippen LogP contribution >= 0.6 is 0 Å². The molecule has 1 atom stereocenters. The Balaban J connectivity index is 1.16. The molecule has 10 heteroatoms. The van der Waals surface area contributed by atoms with Crippen LogP contribution in [0.15, 0.2) is 41.6 Å². The molecule has 3 aliphatic heterocycles. The molecular formula is C34H50N4O5S. The van der Waals surface area contributed by atoms with Crippen LogP contribution in [0.25, 0.3) is 0 Å². The number of piperidine rings is 2. The first-order chi connectivity index (χ1) is 21.2. The van der Waals surface area contributed by atoms with E-state index in [9.17, 15) is 13.2 Å². The van der Waals surface area contributed by atoms with Crippen LogP contribution < -0.4 is 4.74 Å². The highest BCUT2D eigenvalue weighted by atomic mass is 32.2. The fourth-order valence-corrected chi connectivity index (χ4v) is 9.58. The van der Waals surface area contributed by atoms with Gasteiger partial charge in [0.1, 0.15) is 5.75 Å². The average Bonchev–Trinajstić information content (AvgIpc) is 3.55. The monoisotopic (exact) mass is 626 g/mol. The number of aryl methyl sites for hydroxylation is 2. The Labute approximate surface area is 264 Å². The maximum atomic E-state index is 13.9. The number of ether oxygens (including phenoxy) is 2. The van der Waals surface area contributed by atoms with E-state index in [2.05, 4.69) is 9.88 Å². The maximum absolute atomic E-state index is 13.9. The Morgan fingerprint density at radius 1 is 0.977 bits per heavy atom. The lowest BCUT2D eigenvalue weighted by Gasteiger charge is -2.42. The molecule has 44 heavy (non-hydrogen) atoms. The van der Waals surface area contributed by atoms with Gasteiger partial charge in [-0.1, -0.05) is 6.42 Å². The van der Waals surface area contributed by atoms with Crippen molar-refractivity contribution in [3.63, 3.8) is 0 Å². The highest BCUT2D eigenvalue weighted by molar-refractivity contribution is 7.89. The number of hydrogen-bond acceptors (Lipinski definition) is 7. The van der Waals surface area contributed by atoms with Gasteiger partial charge in [0.2, 0.25) is 15.9 Å². The van der Waals surface area contributed by atoms with Gasteiger partial charge in [0.25, 0.3) is 0 Å². The van der Waals surface area contributed by atoms with Crippen molar-refractivity contribution in [1.82, 2.24) is 19.1 Å². The molecular weight excluding hydrogens is 576 g/mol. The fourth-order valence-electron chi connectivity index (χ4n) is 7.44. The summed E-state index contributed by atoms with van der Waals surface area (Å²) in [6.07, 6.45) is 12.2. The van der Waals surface area contributed by atoms with Gasteiger partial charge >= 0.3 is 0 Å². The lowest BCUT2D eigenvalue weighted by Crippen LogP contribution is -2.47. The second-order valence-corrected chi connectivity index (χ2v) is 14.6. The summed E-state index contributed by atoms with van der Waals surface area (Å²) < 4.78 is 41.5. The summed E-state index contributed by atoms with van der Waals surface area (Å²) in [6.45, 7) is 9.44. The van der Waals surface area contributed by atoms with Crippen molar-refractivity contribution in [3.05, 3.63) is 53.3 Å². The number of carbonyl (C=O) groups excluding carboxylic acids is 1. The van der Waals surface area contributed by atoms with Crippen molar-refractivity contribution in [2.24, 2.45) is 0 Å². The molecule has 9 nitrogen and oxygen atoms in total. The molecule has 1 aromatic carbocycles. The lowest BCUT2D eigenvalue weighted by atomic mass is 9.84. The van der Waals surface area contributed by atoms with E-state index in [0.717, 1.165) is 57.3 Å². The lowest BCUT2D eigenvalue weighted by molar-refractivity contribution is -0.140. The van der Waals surface area contributed by atoms with E-state index in [0.29, 0.717) is 67.3 Å². The maximum Gasteiger partial charge on any atom is 0.243 e. The van der Waals surface area contributed by atoms with Gasteiger partial charge in [0.15, 0.2) is 0 Å². The summed E-state index contributed by atoms with van der Waals surface area (Å²) in [6, 6.07) is 7.58. The standard InChI is InChI=1S/C34H50N4O5S/c1-27-25-31(42-3)26-28(2)33(27)44(40,41)38-20-5-4-9-30(38)10-8-11-32(39)37-21-14-34(15-22-37,29-12-16-35-17-13-29)43-24-23-36-18-6-7-19-36/h12-13,16-17,25-26,30H,4-11,14-15,18-24H2,1-3H3. The van der Waals surface area contributed by atoms with Crippen LogP contribution in [-0.4, -0.2) is 92.4 Å². The van der Waals surface area contributed by atoms with Gasteiger partial charge in [-0.15, -0.1) is 0 Å².